The number of halogens is 1. The normalized spacial score (nSPS) is 10.2. The van der Waals surface area contributed by atoms with Gasteiger partial charge in [-0.3, -0.25) is 0 Å². The molecule has 0 aliphatic carbocycles. The van der Waals surface area contributed by atoms with Crippen molar-refractivity contribution in [2.75, 3.05) is 24.7 Å². The average Bonchev–Trinajstić information content (AvgIpc) is 2.43. The minimum Gasteiger partial charge on any atom is -0.495 e. The van der Waals surface area contributed by atoms with Crippen LogP contribution in [0.2, 0.25) is 0 Å². The van der Waals surface area contributed by atoms with Gasteiger partial charge in [0.1, 0.15) is 11.6 Å². The second-order valence-electron chi connectivity index (χ2n) is 4.22. The number of ether oxygens (including phenoxy) is 1. The van der Waals surface area contributed by atoms with Crippen LogP contribution in [0.4, 0.5) is 15.8 Å². The largest absolute Gasteiger partial charge is 0.495 e. The van der Waals surface area contributed by atoms with Crippen molar-refractivity contribution in [1.29, 1.82) is 0 Å². The highest BCUT2D eigenvalue weighted by Gasteiger charge is 2.02. The van der Waals surface area contributed by atoms with Crippen molar-refractivity contribution >= 4 is 11.4 Å². The molecule has 0 amide bonds. The Labute approximate surface area is 112 Å². The number of benzene rings is 2. The molecular weight excluding hydrogens is 243 g/mol. The smallest absolute Gasteiger partial charge is 0.143 e. The molecule has 0 saturated heterocycles. The first-order valence-corrected chi connectivity index (χ1v) is 6.11. The van der Waals surface area contributed by atoms with Crippen LogP contribution in [0.1, 0.15) is 5.56 Å². The molecule has 0 spiro atoms. The standard InChI is InChI=1S/C15H17FN2O/c1-19-15-10-12(6-7-14(15)17)18-9-8-11-4-2-3-5-13(11)16/h2-7,10,18H,8-9,17H2,1H3. The fourth-order valence-corrected chi connectivity index (χ4v) is 1.86. The summed E-state index contributed by atoms with van der Waals surface area (Å²) in [6.45, 7) is 0.647. The molecule has 2 rings (SSSR count). The van der Waals surface area contributed by atoms with Gasteiger partial charge in [-0.25, -0.2) is 4.39 Å². The third-order valence-corrected chi connectivity index (χ3v) is 2.91. The van der Waals surface area contributed by atoms with Gasteiger partial charge in [0.2, 0.25) is 0 Å². The lowest BCUT2D eigenvalue weighted by Gasteiger charge is -2.10. The Balaban J connectivity index is 1.94. The maximum Gasteiger partial charge on any atom is 0.143 e. The molecular formula is C15H17FN2O. The Morgan fingerprint density at radius 3 is 2.74 bits per heavy atom. The quantitative estimate of drug-likeness (QED) is 0.812. The van der Waals surface area contributed by atoms with Crippen molar-refractivity contribution in [3.63, 3.8) is 0 Å². The van der Waals surface area contributed by atoms with E-state index in [4.69, 9.17) is 10.5 Å². The summed E-state index contributed by atoms with van der Waals surface area (Å²) in [6, 6.07) is 12.3. The van der Waals surface area contributed by atoms with Crippen molar-refractivity contribution < 1.29 is 9.13 Å². The fraction of sp³-hybridized carbons (Fsp3) is 0.200. The minimum atomic E-state index is -0.167. The lowest BCUT2D eigenvalue weighted by molar-refractivity contribution is 0.417. The molecule has 0 aliphatic rings. The molecule has 0 atom stereocenters. The number of nitrogen functional groups attached to an aromatic ring is 1. The Kier molecular flexibility index (Phi) is 4.23. The van der Waals surface area contributed by atoms with E-state index in [2.05, 4.69) is 5.32 Å². The van der Waals surface area contributed by atoms with Crippen LogP contribution >= 0.6 is 0 Å². The van der Waals surface area contributed by atoms with Crippen LogP contribution in [0.3, 0.4) is 0 Å². The van der Waals surface area contributed by atoms with Gasteiger partial charge >= 0.3 is 0 Å². The van der Waals surface area contributed by atoms with E-state index in [9.17, 15) is 4.39 Å². The first kappa shape index (κ1) is 13.2. The minimum absolute atomic E-state index is 0.167. The van der Waals surface area contributed by atoms with Crippen LogP contribution in [-0.4, -0.2) is 13.7 Å². The van der Waals surface area contributed by atoms with E-state index in [1.54, 1.807) is 25.3 Å². The molecule has 4 heteroatoms. The Bertz CT molecular complexity index is 558. The third-order valence-electron chi connectivity index (χ3n) is 2.91. The first-order valence-electron chi connectivity index (χ1n) is 6.11. The van der Waals surface area contributed by atoms with Crippen LogP contribution in [-0.2, 0) is 6.42 Å². The zero-order valence-corrected chi connectivity index (χ0v) is 10.8. The number of hydrogen-bond acceptors (Lipinski definition) is 3. The zero-order valence-electron chi connectivity index (χ0n) is 10.8. The summed E-state index contributed by atoms with van der Waals surface area (Å²) < 4.78 is 18.6. The average molecular weight is 260 g/mol. The van der Waals surface area contributed by atoms with Crippen molar-refractivity contribution in [3.05, 3.63) is 53.8 Å². The number of rotatable bonds is 5. The maximum atomic E-state index is 13.4. The van der Waals surface area contributed by atoms with E-state index < -0.39 is 0 Å². The monoisotopic (exact) mass is 260 g/mol. The van der Waals surface area contributed by atoms with Gasteiger partial charge in [0.15, 0.2) is 0 Å². The predicted octanol–water partition coefficient (Wildman–Crippen LogP) is 3.07. The Hall–Kier alpha value is -2.23. The zero-order chi connectivity index (χ0) is 13.7. The predicted molar refractivity (Wildman–Crippen MR) is 76.0 cm³/mol. The van der Waals surface area contributed by atoms with Gasteiger partial charge in [-0.1, -0.05) is 18.2 Å². The van der Waals surface area contributed by atoms with E-state index in [1.165, 1.54) is 6.07 Å². The molecule has 19 heavy (non-hydrogen) atoms. The van der Waals surface area contributed by atoms with E-state index in [0.29, 0.717) is 30.0 Å². The van der Waals surface area contributed by atoms with Gasteiger partial charge in [-0.2, -0.15) is 0 Å². The van der Waals surface area contributed by atoms with E-state index >= 15 is 0 Å². The molecule has 0 unspecified atom stereocenters. The summed E-state index contributed by atoms with van der Waals surface area (Å²) >= 11 is 0. The van der Waals surface area contributed by atoms with E-state index in [-0.39, 0.29) is 5.82 Å². The van der Waals surface area contributed by atoms with Gasteiger partial charge in [0, 0.05) is 18.3 Å². The van der Waals surface area contributed by atoms with Crippen LogP contribution in [0.5, 0.6) is 5.75 Å². The van der Waals surface area contributed by atoms with Crippen LogP contribution < -0.4 is 15.8 Å². The molecule has 2 aromatic carbocycles. The fourth-order valence-electron chi connectivity index (χ4n) is 1.86. The second-order valence-corrected chi connectivity index (χ2v) is 4.22. The van der Waals surface area contributed by atoms with Crippen molar-refractivity contribution in [2.45, 2.75) is 6.42 Å². The van der Waals surface area contributed by atoms with Gasteiger partial charge in [-0.15, -0.1) is 0 Å². The summed E-state index contributed by atoms with van der Waals surface area (Å²) in [5.74, 6) is 0.468. The number of nitrogens with two attached hydrogens (primary N) is 1. The lowest BCUT2D eigenvalue weighted by Crippen LogP contribution is -2.06. The molecule has 0 aliphatic heterocycles. The molecule has 0 aromatic heterocycles. The molecule has 0 bridgehead atoms. The molecule has 0 fully saturated rings. The molecule has 3 N–H and O–H groups in total. The molecule has 0 radical (unpaired) electrons. The summed E-state index contributed by atoms with van der Waals surface area (Å²) in [5, 5.41) is 3.22. The summed E-state index contributed by atoms with van der Waals surface area (Å²) in [6.07, 6.45) is 0.624. The molecule has 0 saturated carbocycles. The van der Waals surface area contributed by atoms with Crippen molar-refractivity contribution in [2.24, 2.45) is 0 Å². The summed E-state index contributed by atoms with van der Waals surface area (Å²) in [7, 11) is 1.58. The van der Waals surface area contributed by atoms with Crippen molar-refractivity contribution in [3.8, 4) is 5.75 Å². The highest BCUT2D eigenvalue weighted by atomic mass is 19.1. The van der Waals surface area contributed by atoms with Gasteiger partial charge < -0.3 is 15.8 Å². The summed E-state index contributed by atoms with van der Waals surface area (Å²) in [5.41, 5.74) is 7.95. The number of hydrogen-bond donors (Lipinski definition) is 2. The number of methoxy groups -OCH3 is 1. The molecule has 2 aromatic rings. The van der Waals surface area contributed by atoms with Crippen LogP contribution in [0, 0.1) is 5.82 Å². The van der Waals surface area contributed by atoms with Gasteiger partial charge in [0.05, 0.1) is 12.8 Å². The van der Waals surface area contributed by atoms with E-state index in [1.807, 2.05) is 18.2 Å². The number of anilines is 2. The Morgan fingerprint density at radius 1 is 1.21 bits per heavy atom. The highest BCUT2D eigenvalue weighted by molar-refractivity contribution is 5.61. The number of nitrogens with one attached hydrogen (secondary N) is 1. The third kappa shape index (κ3) is 3.37. The van der Waals surface area contributed by atoms with Gasteiger partial charge in [-0.05, 0) is 30.2 Å². The molecule has 0 heterocycles. The van der Waals surface area contributed by atoms with Gasteiger partial charge in [0.25, 0.3) is 0 Å². The molecule has 3 nitrogen and oxygen atoms in total. The van der Waals surface area contributed by atoms with E-state index in [0.717, 1.165) is 5.69 Å². The maximum absolute atomic E-state index is 13.4. The second kappa shape index (κ2) is 6.09. The topological polar surface area (TPSA) is 47.3 Å². The van der Waals surface area contributed by atoms with Crippen LogP contribution in [0.25, 0.3) is 0 Å². The Morgan fingerprint density at radius 2 is 2.00 bits per heavy atom. The summed E-state index contributed by atoms with van der Waals surface area (Å²) in [4.78, 5) is 0. The molecule has 100 valence electrons. The lowest BCUT2D eigenvalue weighted by atomic mass is 10.1. The SMILES string of the molecule is COc1cc(NCCc2ccccc2F)ccc1N. The van der Waals surface area contributed by atoms with Crippen LogP contribution in [0.15, 0.2) is 42.5 Å². The van der Waals surface area contributed by atoms with Crippen molar-refractivity contribution in [1.82, 2.24) is 0 Å². The first-order chi connectivity index (χ1) is 9.20. The highest BCUT2D eigenvalue weighted by Crippen LogP contribution is 2.24.